The van der Waals surface area contributed by atoms with Gasteiger partial charge in [0.15, 0.2) is 6.10 Å². The van der Waals surface area contributed by atoms with Crippen LogP contribution in [0.5, 0.6) is 0 Å². The number of rotatable bonds is 5. The van der Waals surface area contributed by atoms with Gasteiger partial charge in [-0.1, -0.05) is 18.2 Å². The van der Waals surface area contributed by atoms with E-state index in [-0.39, 0.29) is 27.7 Å². The van der Waals surface area contributed by atoms with Crippen LogP contribution < -0.4 is 0 Å². The molecule has 0 aliphatic heterocycles. The number of alkyl halides is 6. The molecule has 0 saturated carbocycles. The molecule has 3 aromatic rings. The summed E-state index contributed by atoms with van der Waals surface area (Å²) in [4.78, 5) is 3.93. The molecule has 0 aliphatic carbocycles. The lowest BCUT2D eigenvalue weighted by Gasteiger charge is -2.20. The molecule has 0 saturated heterocycles. The Labute approximate surface area is 191 Å². The first-order valence-electron chi connectivity index (χ1n) is 8.92. The minimum atomic E-state index is -4.74. The van der Waals surface area contributed by atoms with E-state index in [0.717, 1.165) is 12.1 Å². The largest absolute Gasteiger partial charge is 0.419 e. The smallest absolute Gasteiger partial charge is 0.358 e. The molecule has 0 fully saturated rings. The van der Waals surface area contributed by atoms with Crippen molar-refractivity contribution in [1.29, 1.82) is 5.26 Å². The highest BCUT2D eigenvalue weighted by Crippen LogP contribution is 2.43. The predicted octanol–water partition coefficient (Wildman–Crippen LogP) is 7.59. The summed E-state index contributed by atoms with van der Waals surface area (Å²) in [6, 6.07) is 10.4. The minimum absolute atomic E-state index is 0.0771. The second kappa shape index (κ2) is 9.21. The lowest BCUT2D eigenvalue weighted by Crippen LogP contribution is -2.23. The minimum Gasteiger partial charge on any atom is -0.358 e. The van der Waals surface area contributed by atoms with Gasteiger partial charge in [0.25, 0.3) is 0 Å². The van der Waals surface area contributed by atoms with Crippen molar-refractivity contribution in [2.75, 3.05) is 0 Å². The third kappa shape index (κ3) is 5.49. The van der Waals surface area contributed by atoms with Gasteiger partial charge in [-0.2, -0.15) is 31.6 Å². The Bertz CT molecular complexity index is 1150. The van der Waals surface area contributed by atoms with E-state index in [0.29, 0.717) is 26.9 Å². The molecule has 0 amide bonds. The average Bonchev–Trinajstić information content (AvgIpc) is 3.08. The summed E-state index contributed by atoms with van der Waals surface area (Å²) in [7, 11) is 0. The molecular weight excluding hydrogens is 522 g/mol. The maximum absolute atomic E-state index is 13.8. The number of aromatic nitrogens is 1. The van der Waals surface area contributed by atoms with Crippen LogP contribution in [0.4, 0.5) is 26.3 Å². The fourth-order valence-electron chi connectivity index (χ4n) is 2.81. The standard InChI is InChI=1S/C21H13BrF6N2OS/c1-11-17(32-19(30-11)13-4-6-15(7-5-13)20(23,24)25)18(21(26,27)28)31-10-12-2-3-14(9-29)16(22)8-12/h2-8,18H,10H2,1H3. The van der Waals surface area contributed by atoms with Crippen LogP contribution in [0.3, 0.4) is 0 Å². The number of thiazole rings is 1. The van der Waals surface area contributed by atoms with Crippen LogP contribution in [-0.4, -0.2) is 11.2 Å². The van der Waals surface area contributed by atoms with Crippen LogP contribution in [0.25, 0.3) is 10.6 Å². The molecule has 11 heteroatoms. The molecule has 1 aromatic heterocycles. The fraction of sp³-hybridized carbons (Fsp3) is 0.238. The van der Waals surface area contributed by atoms with Crippen LogP contribution in [0.1, 0.15) is 33.4 Å². The highest BCUT2D eigenvalue weighted by Gasteiger charge is 2.44. The summed E-state index contributed by atoms with van der Waals surface area (Å²) < 4.78 is 85.1. The third-order valence-electron chi connectivity index (χ3n) is 4.40. The molecule has 1 unspecified atom stereocenters. The average molecular weight is 535 g/mol. The van der Waals surface area contributed by atoms with Crippen molar-refractivity contribution in [2.24, 2.45) is 0 Å². The number of ether oxygens (including phenoxy) is 1. The van der Waals surface area contributed by atoms with Gasteiger partial charge in [-0.25, -0.2) is 4.98 Å². The van der Waals surface area contributed by atoms with Gasteiger partial charge in [-0.05, 0) is 52.7 Å². The highest BCUT2D eigenvalue weighted by molar-refractivity contribution is 9.10. The molecular formula is C21H13BrF6N2OS. The zero-order valence-electron chi connectivity index (χ0n) is 16.2. The molecule has 3 nitrogen and oxygen atoms in total. The Hall–Kier alpha value is -2.42. The molecule has 0 radical (unpaired) electrons. The Balaban J connectivity index is 1.87. The lowest BCUT2D eigenvalue weighted by atomic mass is 10.1. The summed E-state index contributed by atoms with van der Waals surface area (Å²) in [6.45, 7) is 1.02. The first kappa shape index (κ1) is 24.2. The number of halogens is 7. The zero-order valence-corrected chi connectivity index (χ0v) is 18.6. The van der Waals surface area contributed by atoms with Crippen molar-refractivity contribution in [3.63, 3.8) is 0 Å². The number of nitrogens with zero attached hydrogens (tertiary/aromatic N) is 2. The van der Waals surface area contributed by atoms with E-state index in [9.17, 15) is 26.3 Å². The van der Waals surface area contributed by atoms with Gasteiger partial charge >= 0.3 is 12.4 Å². The molecule has 0 aliphatic rings. The molecule has 32 heavy (non-hydrogen) atoms. The first-order chi connectivity index (χ1) is 14.9. The molecule has 1 heterocycles. The van der Waals surface area contributed by atoms with E-state index in [2.05, 4.69) is 20.9 Å². The predicted molar refractivity (Wildman–Crippen MR) is 110 cm³/mol. The number of benzene rings is 2. The van der Waals surface area contributed by atoms with E-state index in [1.165, 1.54) is 37.3 Å². The van der Waals surface area contributed by atoms with Gasteiger partial charge in [0.1, 0.15) is 11.1 Å². The van der Waals surface area contributed by atoms with E-state index >= 15 is 0 Å². The van der Waals surface area contributed by atoms with Crippen LogP contribution in [0.2, 0.25) is 0 Å². The molecule has 2 aromatic carbocycles. The molecule has 168 valence electrons. The van der Waals surface area contributed by atoms with Crippen molar-refractivity contribution in [1.82, 2.24) is 4.98 Å². The van der Waals surface area contributed by atoms with Gasteiger partial charge < -0.3 is 4.74 Å². The summed E-state index contributed by atoms with van der Waals surface area (Å²) >= 11 is 3.89. The summed E-state index contributed by atoms with van der Waals surface area (Å²) in [5, 5.41) is 9.10. The summed E-state index contributed by atoms with van der Waals surface area (Å²) in [5.74, 6) is 0. The van der Waals surface area contributed by atoms with Gasteiger partial charge in [0.2, 0.25) is 0 Å². The lowest BCUT2D eigenvalue weighted by molar-refractivity contribution is -0.226. The van der Waals surface area contributed by atoms with Crippen LogP contribution in [-0.2, 0) is 17.5 Å². The van der Waals surface area contributed by atoms with Crippen LogP contribution in [0, 0.1) is 18.3 Å². The van der Waals surface area contributed by atoms with Crippen molar-refractivity contribution in [3.8, 4) is 16.6 Å². The first-order valence-corrected chi connectivity index (χ1v) is 10.5. The van der Waals surface area contributed by atoms with E-state index in [1.807, 2.05) is 6.07 Å². The fourth-order valence-corrected chi connectivity index (χ4v) is 4.48. The Morgan fingerprint density at radius 2 is 1.75 bits per heavy atom. The molecule has 1 atom stereocenters. The van der Waals surface area contributed by atoms with E-state index in [1.54, 1.807) is 0 Å². The van der Waals surface area contributed by atoms with E-state index in [4.69, 9.17) is 10.00 Å². The maximum atomic E-state index is 13.8. The van der Waals surface area contributed by atoms with Gasteiger partial charge in [0.05, 0.1) is 28.3 Å². The third-order valence-corrected chi connectivity index (χ3v) is 6.30. The van der Waals surface area contributed by atoms with Crippen molar-refractivity contribution >= 4 is 27.3 Å². The van der Waals surface area contributed by atoms with Gasteiger partial charge in [0, 0.05) is 10.0 Å². The Kier molecular flexibility index (Phi) is 6.97. The highest BCUT2D eigenvalue weighted by atomic mass is 79.9. The Morgan fingerprint density at radius 1 is 1.09 bits per heavy atom. The topological polar surface area (TPSA) is 45.9 Å². The van der Waals surface area contributed by atoms with Crippen molar-refractivity contribution < 1.29 is 31.1 Å². The number of nitriles is 1. The normalized spacial score (nSPS) is 13.1. The van der Waals surface area contributed by atoms with Gasteiger partial charge in [-0.15, -0.1) is 11.3 Å². The number of hydrogen-bond acceptors (Lipinski definition) is 4. The van der Waals surface area contributed by atoms with Crippen LogP contribution >= 0.6 is 27.3 Å². The van der Waals surface area contributed by atoms with Crippen LogP contribution in [0.15, 0.2) is 46.9 Å². The van der Waals surface area contributed by atoms with Crippen molar-refractivity contribution in [2.45, 2.75) is 32.0 Å². The SMILES string of the molecule is Cc1nc(-c2ccc(C(F)(F)F)cc2)sc1C(OCc1ccc(C#N)c(Br)c1)C(F)(F)F. The maximum Gasteiger partial charge on any atom is 0.419 e. The molecule has 3 rings (SSSR count). The number of hydrogen-bond donors (Lipinski definition) is 0. The molecule has 0 spiro atoms. The second-order valence-electron chi connectivity index (χ2n) is 6.70. The number of aryl methyl sites for hydroxylation is 1. The molecule has 0 bridgehead atoms. The Morgan fingerprint density at radius 3 is 2.28 bits per heavy atom. The van der Waals surface area contributed by atoms with E-state index < -0.39 is 24.0 Å². The van der Waals surface area contributed by atoms with Crippen molar-refractivity contribution in [3.05, 3.63) is 74.2 Å². The summed E-state index contributed by atoms with van der Waals surface area (Å²) in [5.41, 5.74) is 0.248. The summed E-state index contributed by atoms with van der Waals surface area (Å²) in [6.07, 6.45) is -11.5. The molecule has 0 N–H and O–H groups in total. The monoisotopic (exact) mass is 534 g/mol. The quantitative estimate of drug-likeness (QED) is 0.317. The van der Waals surface area contributed by atoms with Gasteiger partial charge in [-0.3, -0.25) is 0 Å². The zero-order chi connectivity index (χ0) is 23.7. The second-order valence-corrected chi connectivity index (χ2v) is 8.59.